The molecule has 1 fully saturated rings. The van der Waals surface area contributed by atoms with E-state index < -0.39 is 67.9 Å². The van der Waals surface area contributed by atoms with Crippen molar-refractivity contribution >= 4 is 57.0 Å². The van der Waals surface area contributed by atoms with Crippen LogP contribution < -0.4 is 19.1 Å². The molecule has 4 amide bonds. The van der Waals surface area contributed by atoms with Crippen molar-refractivity contribution in [3.05, 3.63) is 142 Å². The molecule has 1 N–H and O–H groups in total. The molecule has 0 radical (unpaired) electrons. The number of benzene rings is 4. The number of hydrogen-bond acceptors (Lipinski definition) is 12. The van der Waals surface area contributed by atoms with Gasteiger partial charge in [0.15, 0.2) is 0 Å². The average molecular weight is 1140 g/mol. The molecular weight excluding hydrogens is 1070 g/mol. The number of likely N-dealkylation sites (N-methyl/N-ethyl adjacent to an activating group) is 1. The summed E-state index contributed by atoms with van der Waals surface area (Å²) < 4.78 is 48.3. The predicted octanol–water partition coefficient (Wildman–Crippen LogP) is 9.94. The van der Waals surface area contributed by atoms with E-state index in [1.54, 1.807) is 32.2 Å². The van der Waals surface area contributed by atoms with Gasteiger partial charge in [0.05, 0.1) is 24.7 Å². The molecule has 1 spiro atoms. The topological polar surface area (TPSA) is 191 Å². The number of allylic oxidation sites excluding steroid dienone is 1. The van der Waals surface area contributed by atoms with E-state index in [4.69, 9.17) is 30.5 Å². The van der Waals surface area contributed by atoms with Crippen molar-refractivity contribution in [1.29, 1.82) is 0 Å². The Balaban J connectivity index is 0.917. The van der Waals surface area contributed by atoms with Gasteiger partial charge < -0.3 is 28.7 Å². The maximum absolute atomic E-state index is 15.4. The second-order valence-electron chi connectivity index (χ2n) is 23.5. The van der Waals surface area contributed by atoms with Crippen LogP contribution in [0.1, 0.15) is 116 Å². The van der Waals surface area contributed by atoms with Gasteiger partial charge in [-0.05, 0) is 148 Å². The van der Waals surface area contributed by atoms with Crippen LogP contribution in [0.2, 0.25) is 5.02 Å². The number of nitrogens with one attached hydrogen (secondary N) is 1. The van der Waals surface area contributed by atoms with Gasteiger partial charge in [-0.15, -0.1) is 9.46 Å². The van der Waals surface area contributed by atoms with Crippen molar-refractivity contribution in [2.24, 2.45) is 29.2 Å². The molecule has 2 bridgehead atoms. The largest absolute Gasteiger partial charge is 0.490 e. The molecule has 3 heterocycles. The molecule has 5 aliphatic rings. The zero-order valence-electron chi connectivity index (χ0n) is 47.3. The van der Waals surface area contributed by atoms with Crippen molar-refractivity contribution in [2.75, 3.05) is 58.5 Å². The third-order valence-corrected chi connectivity index (χ3v) is 19.8. The minimum Gasteiger partial charge on any atom is -0.490 e. The summed E-state index contributed by atoms with van der Waals surface area (Å²) in [6.07, 6.45) is 8.35. The lowest BCUT2D eigenvalue weighted by molar-refractivity contribution is -0.156. The lowest BCUT2D eigenvalue weighted by atomic mass is 9.68. The number of carbonyl (C=O) groups excluding carboxylic acids is 5. The smallest absolute Gasteiger partial charge is 0.410 e. The van der Waals surface area contributed by atoms with Crippen LogP contribution in [0.5, 0.6) is 11.6 Å². The Morgan fingerprint density at radius 1 is 0.963 bits per heavy atom. The number of esters is 1. The second kappa shape index (κ2) is 23.0. The number of aryl methyl sites for hydroxylation is 2. The van der Waals surface area contributed by atoms with Crippen LogP contribution in [0.4, 0.5) is 10.5 Å². The number of halogens is 1. The average Bonchev–Trinajstić information content (AvgIpc) is 3.94. The highest BCUT2D eigenvalue weighted by Gasteiger charge is 2.46. The molecular formula is C62H72ClN7O10S. The van der Waals surface area contributed by atoms with Gasteiger partial charge in [0, 0.05) is 66.8 Å². The Bertz CT molecular complexity index is 3390. The van der Waals surface area contributed by atoms with E-state index in [9.17, 15) is 24.0 Å². The Labute approximate surface area is 479 Å². The van der Waals surface area contributed by atoms with Gasteiger partial charge in [-0.2, -0.15) is 0 Å². The molecule has 10 rings (SSSR count). The maximum atomic E-state index is 15.4. The van der Waals surface area contributed by atoms with Gasteiger partial charge in [-0.25, -0.2) is 9.00 Å². The first-order chi connectivity index (χ1) is 38.6. The summed E-state index contributed by atoms with van der Waals surface area (Å²) in [6, 6.07) is 27.4. The number of rotatable bonds is 10. The number of ether oxygens (including phenoxy) is 4. The fourth-order valence-corrected chi connectivity index (χ4v) is 14.4. The molecule has 428 valence electrons. The standard InChI is InChI=1S/C62H72ClN7O10S/c1-38-15-13-21-53(80-56(72)34-67(6)55(71)33-70(61(3,4)5)60(75)78-35-50-47-19-11-9-17-45(47)46-18-10-12-20-48(46)50)44-25-22-42(44)31-69-36-62(28-14-16-40-29-43(63)24-26-51(40)62)37-79-54-27-23-41(30-52(54)69)57(73)65-81(76,39(38)2)66-58(74)49-32-68(7)64-59(49)77-8/h9-13,17-21,23-24,26-27,29-30,32,38-39,42,44,50,53H,14-16,22,25,28,31,33-37H2,1-8H3,(H,65,66,73,74,76)/b21-13-/t38-,39+,42-,44+,53-,62-,81?/m0/s1. The molecule has 4 aromatic carbocycles. The summed E-state index contributed by atoms with van der Waals surface area (Å²) in [6.45, 7) is 9.82. The van der Waals surface area contributed by atoms with E-state index >= 15 is 4.21 Å². The first kappa shape index (κ1) is 57.1. The fraction of sp³-hybridized carbons (Fsp3) is 0.452. The summed E-state index contributed by atoms with van der Waals surface area (Å²) in [5, 5.41) is 3.98. The van der Waals surface area contributed by atoms with Gasteiger partial charge in [-0.1, -0.05) is 79.2 Å². The zero-order chi connectivity index (χ0) is 57.5. The molecule has 81 heavy (non-hydrogen) atoms. The van der Waals surface area contributed by atoms with Gasteiger partial charge >= 0.3 is 12.1 Å². The molecule has 1 aromatic heterocycles. The molecule has 2 aliphatic heterocycles. The molecule has 19 heteroatoms. The summed E-state index contributed by atoms with van der Waals surface area (Å²) in [4.78, 5) is 75.8. The van der Waals surface area contributed by atoms with Crippen LogP contribution >= 0.6 is 11.6 Å². The Kier molecular flexibility index (Phi) is 16.2. The van der Waals surface area contributed by atoms with E-state index in [1.165, 1.54) is 40.4 Å². The van der Waals surface area contributed by atoms with Gasteiger partial charge in [0.25, 0.3) is 11.8 Å². The van der Waals surface area contributed by atoms with Crippen molar-refractivity contribution in [3.63, 3.8) is 0 Å². The Morgan fingerprint density at radius 2 is 1.69 bits per heavy atom. The number of methoxy groups -OCH3 is 1. The minimum absolute atomic E-state index is 0.0133. The quantitative estimate of drug-likeness (QED) is 0.103. The molecule has 17 nitrogen and oxygen atoms in total. The third-order valence-electron chi connectivity index (χ3n) is 17.2. The van der Waals surface area contributed by atoms with Crippen molar-refractivity contribution in [1.82, 2.24) is 24.3 Å². The lowest BCUT2D eigenvalue weighted by Gasteiger charge is -2.46. The lowest BCUT2D eigenvalue weighted by Crippen LogP contribution is -2.52. The maximum Gasteiger partial charge on any atom is 0.410 e. The molecule has 3 aliphatic carbocycles. The van der Waals surface area contributed by atoms with Crippen LogP contribution in [0.25, 0.3) is 11.1 Å². The van der Waals surface area contributed by atoms with Crippen molar-refractivity contribution in [3.8, 4) is 22.8 Å². The minimum atomic E-state index is -3.88. The number of anilines is 1. The predicted molar refractivity (Wildman–Crippen MR) is 310 cm³/mol. The normalized spacial score (nSPS) is 24.5. The summed E-state index contributed by atoms with van der Waals surface area (Å²) in [5.41, 5.74) is 6.27. The Hall–Kier alpha value is -7.18. The molecule has 0 saturated heterocycles. The Morgan fingerprint density at radius 3 is 2.38 bits per heavy atom. The number of aromatic nitrogens is 2. The number of carbonyl (C=O) groups is 5. The number of nitrogens with zero attached hydrogens (tertiary/aromatic N) is 6. The molecule has 1 unspecified atom stereocenters. The van der Waals surface area contributed by atoms with Crippen molar-refractivity contribution < 1.29 is 47.1 Å². The van der Waals surface area contributed by atoms with E-state index in [1.807, 2.05) is 88.4 Å². The fourth-order valence-electron chi connectivity index (χ4n) is 12.3. The van der Waals surface area contributed by atoms with E-state index in [0.717, 1.165) is 59.9 Å². The van der Waals surface area contributed by atoms with Gasteiger partial charge in [0.2, 0.25) is 11.8 Å². The summed E-state index contributed by atoms with van der Waals surface area (Å²) in [5.74, 6) is -2.79. The first-order valence-corrected chi connectivity index (χ1v) is 29.8. The summed E-state index contributed by atoms with van der Waals surface area (Å²) >= 11 is 6.57. The third kappa shape index (κ3) is 11.7. The summed E-state index contributed by atoms with van der Waals surface area (Å²) in [7, 11) is 0.630. The number of fused-ring (bicyclic) bond motifs is 7. The molecule has 1 saturated carbocycles. The second-order valence-corrected chi connectivity index (χ2v) is 26.2. The van der Waals surface area contributed by atoms with Crippen LogP contribution in [0, 0.1) is 17.8 Å². The van der Waals surface area contributed by atoms with Gasteiger partial charge in [0.1, 0.15) is 47.0 Å². The van der Waals surface area contributed by atoms with Crippen LogP contribution in [0.15, 0.2) is 108 Å². The van der Waals surface area contributed by atoms with Crippen LogP contribution in [-0.4, -0.2) is 124 Å². The zero-order valence-corrected chi connectivity index (χ0v) is 48.9. The highest BCUT2D eigenvalue weighted by molar-refractivity contribution is 7.93. The monoisotopic (exact) mass is 1140 g/mol. The van der Waals surface area contributed by atoms with Crippen LogP contribution in [-0.2, 0) is 47.9 Å². The van der Waals surface area contributed by atoms with Crippen LogP contribution in [0.3, 0.4) is 0 Å². The molecule has 5 aromatic rings. The van der Waals surface area contributed by atoms with E-state index in [-0.39, 0.29) is 54.5 Å². The molecule has 7 atom stereocenters. The van der Waals surface area contributed by atoms with E-state index in [0.29, 0.717) is 42.6 Å². The highest BCUT2D eigenvalue weighted by atomic mass is 35.5. The first-order valence-electron chi connectivity index (χ1n) is 27.9. The van der Waals surface area contributed by atoms with Crippen molar-refractivity contribution in [2.45, 2.75) is 101 Å². The SMILES string of the molecule is COc1nn(C)cc1C(=O)NS1(=O)=NC(=O)c2ccc3c(c2)N(C[C@@H]2CC[C@H]2[C@@H](OC(=O)CN(C)C(=O)CN(C(=O)OCC2c4ccccc4-c4ccccc42)C(C)(C)C)/C=C\C[C@H](C)[C@H]1C)C[C@@]1(CCCc2cc(Cl)ccc21)CO3. The van der Waals surface area contributed by atoms with E-state index in [2.05, 4.69) is 37.3 Å². The number of amides is 4. The van der Waals surface area contributed by atoms with Gasteiger partial charge in [-0.3, -0.25) is 33.5 Å². The number of hydrogen-bond donors (Lipinski definition) is 1. The highest BCUT2D eigenvalue weighted by Crippen LogP contribution is 2.48.